The molecule has 0 saturated heterocycles. The number of hydrogen-bond acceptors (Lipinski definition) is 4. The highest BCUT2D eigenvalue weighted by Gasteiger charge is 2.51. The van der Waals surface area contributed by atoms with Crippen molar-refractivity contribution >= 4 is 0 Å². The van der Waals surface area contributed by atoms with E-state index in [1.54, 1.807) is 0 Å². The Kier molecular flexibility index (Phi) is 9.90. The van der Waals surface area contributed by atoms with Gasteiger partial charge in [-0.1, -0.05) is 0 Å². The number of alkyl halides is 6. The van der Waals surface area contributed by atoms with Gasteiger partial charge in [0, 0.05) is 35.2 Å². The van der Waals surface area contributed by atoms with Crippen molar-refractivity contribution in [1.82, 2.24) is 20.4 Å². The molecular formula is C26H48F6N4. The van der Waals surface area contributed by atoms with E-state index in [1.165, 1.54) is 0 Å². The van der Waals surface area contributed by atoms with Gasteiger partial charge in [0.15, 0.2) is 0 Å². The van der Waals surface area contributed by atoms with Crippen molar-refractivity contribution in [2.24, 2.45) is 17.8 Å². The molecule has 0 aromatic heterocycles. The third kappa shape index (κ3) is 8.73. The summed E-state index contributed by atoms with van der Waals surface area (Å²) in [5.41, 5.74) is -0.983. The Morgan fingerprint density at radius 3 is 1.64 bits per heavy atom. The summed E-state index contributed by atoms with van der Waals surface area (Å²) in [6.45, 7) is 9.72. The van der Waals surface area contributed by atoms with Gasteiger partial charge < -0.3 is 20.4 Å². The molecule has 214 valence electrons. The number of rotatable bonds is 7. The van der Waals surface area contributed by atoms with Crippen LogP contribution in [-0.4, -0.2) is 85.6 Å². The maximum absolute atomic E-state index is 14.0. The minimum absolute atomic E-state index is 0.0169. The molecule has 0 aliphatic heterocycles. The van der Waals surface area contributed by atoms with Crippen LogP contribution in [0.4, 0.5) is 26.3 Å². The maximum Gasteiger partial charge on any atom is 0.391 e. The molecule has 2 aliphatic rings. The standard InChI is InChI=1S/C26H48F6N4/c1-23(2,3)33-20-14-18(26(30,31)32)12-16(22(20)36(8)9)15-24(4,5)34-19-13-17(25(27,28)29)10-11-21(19)35(6)7/h16-22,33-34H,10-15H2,1-9H3/t16?,17-,18+,19-,20-,21-,22-/m0/s1. The Hall–Kier alpha value is -0.580. The second-order valence-electron chi connectivity index (χ2n) is 13.3. The number of nitrogens with zero attached hydrogens (tertiary/aromatic N) is 2. The van der Waals surface area contributed by atoms with E-state index in [2.05, 4.69) is 10.6 Å². The lowest BCUT2D eigenvalue weighted by molar-refractivity contribution is -0.194. The SMILES string of the molecule is CN(C)[C@H]1CC[C@H](C(F)(F)F)C[C@@H]1NC(C)(C)CC1C[C@@H](C(F)(F)F)C[C@H](NC(C)(C)C)[C@H]1N(C)C. The van der Waals surface area contributed by atoms with Crippen LogP contribution in [0.25, 0.3) is 0 Å². The normalized spacial score (nSPS) is 33.4. The Morgan fingerprint density at radius 2 is 1.19 bits per heavy atom. The molecule has 7 atom stereocenters. The van der Waals surface area contributed by atoms with Crippen LogP contribution in [0.5, 0.6) is 0 Å². The Morgan fingerprint density at radius 1 is 0.667 bits per heavy atom. The number of nitrogens with one attached hydrogen (secondary N) is 2. The molecule has 10 heteroatoms. The van der Waals surface area contributed by atoms with Crippen LogP contribution in [0, 0.1) is 17.8 Å². The first-order valence-electron chi connectivity index (χ1n) is 13.1. The zero-order valence-corrected chi connectivity index (χ0v) is 23.4. The molecule has 2 aliphatic carbocycles. The highest BCUT2D eigenvalue weighted by molar-refractivity contribution is 5.02. The lowest BCUT2D eigenvalue weighted by Crippen LogP contribution is -2.63. The molecule has 0 bridgehead atoms. The minimum Gasteiger partial charge on any atom is -0.308 e. The first kappa shape index (κ1) is 31.6. The Bertz CT molecular complexity index is 698. The van der Waals surface area contributed by atoms with Crippen molar-refractivity contribution in [3.63, 3.8) is 0 Å². The first-order chi connectivity index (χ1) is 16.1. The van der Waals surface area contributed by atoms with E-state index in [-0.39, 0.29) is 55.3 Å². The summed E-state index contributed by atoms with van der Waals surface area (Å²) in [5.74, 6) is -3.04. The molecule has 2 N–H and O–H groups in total. The van der Waals surface area contributed by atoms with Gasteiger partial charge >= 0.3 is 12.4 Å². The smallest absolute Gasteiger partial charge is 0.308 e. The number of hydrogen-bond donors (Lipinski definition) is 2. The second kappa shape index (κ2) is 11.3. The van der Waals surface area contributed by atoms with Crippen molar-refractivity contribution < 1.29 is 26.3 Å². The fraction of sp³-hybridized carbons (Fsp3) is 1.00. The molecule has 0 aromatic rings. The molecule has 36 heavy (non-hydrogen) atoms. The third-order valence-electron chi connectivity index (χ3n) is 7.99. The lowest BCUT2D eigenvalue weighted by atomic mass is 9.69. The zero-order valence-electron chi connectivity index (χ0n) is 23.4. The third-order valence-corrected chi connectivity index (χ3v) is 7.99. The van der Waals surface area contributed by atoms with E-state index in [0.717, 1.165) is 0 Å². The van der Waals surface area contributed by atoms with Crippen LogP contribution in [-0.2, 0) is 0 Å². The molecule has 0 radical (unpaired) electrons. The maximum atomic E-state index is 14.0. The second-order valence-corrected chi connectivity index (χ2v) is 13.3. The van der Waals surface area contributed by atoms with E-state index < -0.39 is 35.8 Å². The average Bonchev–Trinajstić information content (AvgIpc) is 2.63. The van der Waals surface area contributed by atoms with Gasteiger partial charge in [0.1, 0.15) is 0 Å². The lowest BCUT2D eigenvalue weighted by Gasteiger charge is -2.50. The van der Waals surface area contributed by atoms with Gasteiger partial charge in [-0.25, -0.2) is 0 Å². The zero-order chi connectivity index (χ0) is 27.9. The van der Waals surface area contributed by atoms with Crippen LogP contribution in [0.1, 0.15) is 73.1 Å². The fourth-order valence-electron chi connectivity index (χ4n) is 6.77. The van der Waals surface area contributed by atoms with Gasteiger partial charge in [-0.15, -0.1) is 0 Å². The molecule has 0 aromatic carbocycles. The predicted octanol–water partition coefficient (Wildman–Crippen LogP) is 5.68. The fourth-order valence-corrected chi connectivity index (χ4v) is 6.77. The first-order valence-corrected chi connectivity index (χ1v) is 13.1. The van der Waals surface area contributed by atoms with E-state index >= 15 is 0 Å². The summed E-state index contributed by atoms with van der Waals surface area (Å²) in [6, 6.07) is -0.918. The van der Waals surface area contributed by atoms with Crippen LogP contribution < -0.4 is 10.6 Å². The molecule has 2 rings (SSSR count). The van der Waals surface area contributed by atoms with Crippen molar-refractivity contribution in [3.8, 4) is 0 Å². The minimum atomic E-state index is -4.29. The molecule has 2 saturated carbocycles. The van der Waals surface area contributed by atoms with E-state index in [4.69, 9.17) is 0 Å². The topological polar surface area (TPSA) is 30.5 Å². The van der Waals surface area contributed by atoms with Crippen molar-refractivity contribution in [3.05, 3.63) is 0 Å². The van der Waals surface area contributed by atoms with Gasteiger partial charge in [-0.3, -0.25) is 0 Å². The van der Waals surface area contributed by atoms with Crippen molar-refractivity contribution in [2.75, 3.05) is 28.2 Å². The largest absolute Gasteiger partial charge is 0.391 e. The molecule has 1 unspecified atom stereocenters. The van der Waals surface area contributed by atoms with Crippen molar-refractivity contribution in [1.29, 1.82) is 0 Å². The summed E-state index contributed by atoms with van der Waals surface area (Å²) in [5, 5.41) is 6.93. The van der Waals surface area contributed by atoms with Gasteiger partial charge in [0.25, 0.3) is 0 Å². The predicted molar refractivity (Wildman–Crippen MR) is 133 cm³/mol. The van der Waals surface area contributed by atoms with Gasteiger partial charge in [-0.2, -0.15) is 26.3 Å². The van der Waals surface area contributed by atoms with Gasteiger partial charge in [0.2, 0.25) is 0 Å². The molecule has 4 nitrogen and oxygen atoms in total. The van der Waals surface area contributed by atoms with E-state index in [9.17, 15) is 26.3 Å². The molecule has 0 amide bonds. The summed E-state index contributed by atoms with van der Waals surface area (Å²) in [4.78, 5) is 3.98. The van der Waals surface area contributed by atoms with Gasteiger partial charge in [-0.05, 0) is 107 Å². The number of likely N-dealkylation sites (N-methyl/N-ethyl adjacent to an activating group) is 2. The number of halogens is 6. The Balaban J connectivity index is 2.30. The summed E-state index contributed by atoms with van der Waals surface area (Å²) < 4.78 is 82.6. The summed E-state index contributed by atoms with van der Waals surface area (Å²) in [7, 11) is 7.56. The van der Waals surface area contributed by atoms with Crippen LogP contribution in [0.3, 0.4) is 0 Å². The highest BCUT2D eigenvalue weighted by atomic mass is 19.4. The molecule has 0 spiro atoms. The van der Waals surface area contributed by atoms with Crippen LogP contribution >= 0.6 is 0 Å². The quantitative estimate of drug-likeness (QED) is 0.415. The van der Waals surface area contributed by atoms with E-state index in [0.29, 0.717) is 12.8 Å². The van der Waals surface area contributed by atoms with Crippen LogP contribution in [0.2, 0.25) is 0 Å². The molecular weight excluding hydrogens is 482 g/mol. The van der Waals surface area contributed by atoms with Gasteiger partial charge in [0.05, 0.1) is 11.8 Å². The van der Waals surface area contributed by atoms with E-state index in [1.807, 2.05) is 72.6 Å². The molecule has 2 fully saturated rings. The average molecular weight is 531 g/mol. The monoisotopic (exact) mass is 530 g/mol. The summed E-state index contributed by atoms with van der Waals surface area (Å²) in [6.07, 6.45) is -7.53. The van der Waals surface area contributed by atoms with Crippen molar-refractivity contribution in [2.45, 2.75) is 121 Å². The van der Waals surface area contributed by atoms with Crippen LogP contribution in [0.15, 0.2) is 0 Å². The summed E-state index contributed by atoms with van der Waals surface area (Å²) >= 11 is 0. The molecule has 0 heterocycles. The highest BCUT2D eigenvalue weighted by Crippen LogP contribution is 2.45. The Labute approximate surface area is 213 Å².